The number of unbranched alkanes of at least 4 members (excludes halogenated alkanes) is 1. The van der Waals surface area contributed by atoms with Gasteiger partial charge in [-0.2, -0.15) is 0 Å². The van der Waals surface area contributed by atoms with Crippen LogP contribution in [0.3, 0.4) is 0 Å². The van der Waals surface area contributed by atoms with Crippen LogP contribution in [-0.4, -0.2) is 62.3 Å². The van der Waals surface area contributed by atoms with E-state index in [1.54, 1.807) is 49.6 Å². The van der Waals surface area contributed by atoms with Gasteiger partial charge in [0.15, 0.2) is 11.5 Å². The fourth-order valence-electron chi connectivity index (χ4n) is 4.25. The van der Waals surface area contributed by atoms with Crippen LogP contribution in [0.2, 0.25) is 0 Å². The van der Waals surface area contributed by atoms with Crippen LogP contribution in [0.5, 0.6) is 17.2 Å². The molecule has 0 bridgehead atoms. The lowest BCUT2D eigenvalue weighted by atomic mass is 9.95. The first kappa shape index (κ1) is 29.0. The summed E-state index contributed by atoms with van der Waals surface area (Å²) in [6.45, 7) is 7.83. The fourth-order valence-corrected chi connectivity index (χ4v) is 4.25. The van der Waals surface area contributed by atoms with Gasteiger partial charge in [-0.25, -0.2) is 0 Å². The number of Topliss-reactive ketones (excluding diaryl/α,β-unsaturated/α-hetero) is 1. The van der Waals surface area contributed by atoms with Gasteiger partial charge in [0.1, 0.15) is 11.5 Å². The third-order valence-electron chi connectivity index (χ3n) is 6.41. The topological polar surface area (TPSA) is 94.5 Å². The van der Waals surface area contributed by atoms with Crippen LogP contribution in [-0.2, 0) is 14.3 Å². The number of benzene rings is 2. The molecule has 1 N–H and O–H groups in total. The van der Waals surface area contributed by atoms with Crippen LogP contribution in [0.4, 0.5) is 0 Å². The summed E-state index contributed by atoms with van der Waals surface area (Å²) in [4.78, 5) is 27.8. The molecule has 3 rings (SSSR count). The molecule has 1 atom stereocenters. The number of ether oxygens (including phenoxy) is 4. The second-order valence-corrected chi connectivity index (χ2v) is 9.66. The number of carbonyl (C=O) groups is 2. The Labute approximate surface area is 225 Å². The Kier molecular flexibility index (Phi) is 10.6. The molecule has 0 radical (unpaired) electrons. The number of carbonyl (C=O) groups excluding carboxylic acids is 2. The zero-order chi connectivity index (χ0) is 27.7. The summed E-state index contributed by atoms with van der Waals surface area (Å²) in [7, 11) is 3.07. The minimum Gasteiger partial charge on any atom is -0.507 e. The molecule has 0 aliphatic carbocycles. The van der Waals surface area contributed by atoms with Gasteiger partial charge in [0.05, 0.1) is 38.5 Å². The largest absolute Gasteiger partial charge is 0.507 e. The maximum atomic E-state index is 13.3. The molecule has 1 amide bonds. The molecule has 8 heteroatoms. The molecule has 38 heavy (non-hydrogen) atoms. The van der Waals surface area contributed by atoms with E-state index in [0.717, 1.165) is 19.3 Å². The molecule has 1 heterocycles. The summed E-state index contributed by atoms with van der Waals surface area (Å²) < 4.78 is 22.5. The highest BCUT2D eigenvalue weighted by molar-refractivity contribution is 6.46. The Bertz CT molecular complexity index is 1140. The summed E-state index contributed by atoms with van der Waals surface area (Å²) >= 11 is 0. The minimum atomic E-state index is -0.826. The van der Waals surface area contributed by atoms with Crippen molar-refractivity contribution in [1.82, 2.24) is 4.90 Å². The van der Waals surface area contributed by atoms with E-state index in [9.17, 15) is 14.7 Å². The number of aliphatic hydroxyl groups excluding tert-OH is 1. The molecule has 0 aromatic heterocycles. The van der Waals surface area contributed by atoms with Crippen molar-refractivity contribution in [2.75, 3.05) is 40.6 Å². The third kappa shape index (κ3) is 6.86. The molecule has 1 aliphatic heterocycles. The number of hydrogen-bond acceptors (Lipinski definition) is 7. The van der Waals surface area contributed by atoms with Crippen molar-refractivity contribution in [2.24, 2.45) is 5.92 Å². The lowest BCUT2D eigenvalue weighted by Crippen LogP contribution is -2.32. The second-order valence-electron chi connectivity index (χ2n) is 9.66. The number of aliphatic hydroxyl groups is 1. The van der Waals surface area contributed by atoms with Gasteiger partial charge in [0, 0.05) is 19.2 Å². The molecule has 0 saturated carbocycles. The minimum absolute atomic E-state index is 0.00680. The first-order valence-corrected chi connectivity index (χ1v) is 13.1. The molecule has 1 fully saturated rings. The van der Waals surface area contributed by atoms with Gasteiger partial charge in [-0.05, 0) is 48.6 Å². The van der Waals surface area contributed by atoms with Gasteiger partial charge >= 0.3 is 0 Å². The van der Waals surface area contributed by atoms with Crippen LogP contribution in [0.25, 0.3) is 5.76 Å². The maximum absolute atomic E-state index is 13.3. The Morgan fingerprint density at radius 3 is 2.47 bits per heavy atom. The molecule has 1 unspecified atom stereocenters. The lowest BCUT2D eigenvalue weighted by Gasteiger charge is -2.26. The smallest absolute Gasteiger partial charge is 0.295 e. The van der Waals surface area contributed by atoms with Crippen molar-refractivity contribution in [3.63, 3.8) is 0 Å². The fraction of sp³-hybridized carbons (Fsp3) is 0.467. The van der Waals surface area contributed by atoms with E-state index < -0.39 is 17.7 Å². The van der Waals surface area contributed by atoms with Gasteiger partial charge in [-0.15, -0.1) is 0 Å². The number of amides is 1. The Morgan fingerprint density at radius 2 is 1.79 bits per heavy atom. The maximum Gasteiger partial charge on any atom is 0.295 e. The first-order chi connectivity index (χ1) is 18.3. The van der Waals surface area contributed by atoms with Crippen LogP contribution in [0.1, 0.15) is 57.2 Å². The van der Waals surface area contributed by atoms with E-state index in [4.69, 9.17) is 18.9 Å². The Hall–Kier alpha value is -3.52. The Morgan fingerprint density at radius 1 is 1.00 bits per heavy atom. The van der Waals surface area contributed by atoms with Crippen LogP contribution >= 0.6 is 0 Å². The molecule has 1 aliphatic rings. The monoisotopic (exact) mass is 525 g/mol. The number of likely N-dealkylation sites (tertiary alicyclic amines) is 1. The highest BCUT2D eigenvalue weighted by Gasteiger charge is 2.46. The van der Waals surface area contributed by atoms with Crippen molar-refractivity contribution >= 4 is 17.4 Å². The summed E-state index contributed by atoms with van der Waals surface area (Å²) in [5, 5.41) is 11.4. The van der Waals surface area contributed by atoms with Crippen molar-refractivity contribution in [3.8, 4) is 17.2 Å². The summed E-state index contributed by atoms with van der Waals surface area (Å²) in [6, 6.07) is 11.4. The van der Waals surface area contributed by atoms with Gasteiger partial charge < -0.3 is 29.0 Å². The molecule has 1 saturated heterocycles. The normalized spacial score (nSPS) is 16.8. The molecule has 0 spiro atoms. The summed E-state index contributed by atoms with van der Waals surface area (Å²) in [5.41, 5.74) is 1.02. The average Bonchev–Trinajstić information content (AvgIpc) is 3.16. The van der Waals surface area contributed by atoms with E-state index in [0.29, 0.717) is 47.5 Å². The summed E-state index contributed by atoms with van der Waals surface area (Å²) in [5.74, 6) is 0.425. The van der Waals surface area contributed by atoms with E-state index in [1.807, 2.05) is 0 Å². The molecule has 2 aromatic rings. The zero-order valence-corrected chi connectivity index (χ0v) is 23.0. The SMILES string of the molecule is CCCCOc1cccc(/C(O)=C2\C(=O)C(=O)N(CCOC)C2c2ccc(OCCC(C)C)c(OC)c2)c1. The predicted molar refractivity (Wildman–Crippen MR) is 146 cm³/mol. The van der Waals surface area contributed by atoms with E-state index >= 15 is 0 Å². The van der Waals surface area contributed by atoms with E-state index in [2.05, 4.69) is 20.8 Å². The van der Waals surface area contributed by atoms with Gasteiger partial charge in [-0.1, -0.05) is 45.4 Å². The van der Waals surface area contributed by atoms with Crippen molar-refractivity contribution in [3.05, 3.63) is 59.2 Å². The lowest BCUT2D eigenvalue weighted by molar-refractivity contribution is -0.140. The van der Waals surface area contributed by atoms with Gasteiger partial charge in [0.25, 0.3) is 11.7 Å². The average molecular weight is 526 g/mol. The number of nitrogens with zero attached hydrogens (tertiary/aromatic N) is 1. The number of methoxy groups -OCH3 is 2. The highest BCUT2D eigenvalue weighted by Crippen LogP contribution is 2.42. The van der Waals surface area contributed by atoms with Gasteiger partial charge in [-0.3, -0.25) is 9.59 Å². The molecule has 8 nitrogen and oxygen atoms in total. The van der Waals surface area contributed by atoms with Crippen LogP contribution in [0.15, 0.2) is 48.0 Å². The molecule has 2 aromatic carbocycles. The third-order valence-corrected chi connectivity index (χ3v) is 6.41. The molecular formula is C30H39NO7. The quantitative estimate of drug-likeness (QED) is 0.153. The van der Waals surface area contributed by atoms with Crippen molar-refractivity contribution < 1.29 is 33.6 Å². The van der Waals surface area contributed by atoms with Crippen LogP contribution in [0, 0.1) is 5.92 Å². The molecular weight excluding hydrogens is 486 g/mol. The number of ketones is 1. The number of rotatable bonds is 14. The van der Waals surface area contributed by atoms with Crippen LogP contribution < -0.4 is 14.2 Å². The standard InChI is InChI=1S/C30H39NO7/c1-6-7-15-37-23-10-8-9-22(18-23)28(32)26-27(31(14-17-35-4)30(34)29(26)33)21-11-12-24(25(19-21)36-5)38-16-13-20(2)3/h8-12,18-20,27,32H,6-7,13-17H2,1-5H3/b28-26+. The van der Waals surface area contributed by atoms with Crippen molar-refractivity contribution in [2.45, 2.75) is 46.1 Å². The van der Waals surface area contributed by atoms with Crippen molar-refractivity contribution in [1.29, 1.82) is 0 Å². The molecule has 206 valence electrons. The Balaban J connectivity index is 2.05. The second kappa shape index (κ2) is 13.9. The first-order valence-electron chi connectivity index (χ1n) is 13.1. The summed E-state index contributed by atoms with van der Waals surface area (Å²) in [6.07, 6.45) is 2.79. The van der Waals surface area contributed by atoms with E-state index in [-0.39, 0.29) is 24.5 Å². The zero-order valence-electron chi connectivity index (χ0n) is 23.0. The number of hydrogen-bond donors (Lipinski definition) is 1. The predicted octanol–water partition coefficient (Wildman–Crippen LogP) is 5.37. The van der Waals surface area contributed by atoms with Gasteiger partial charge in [0.2, 0.25) is 0 Å². The van der Waals surface area contributed by atoms with E-state index in [1.165, 1.54) is 12.0 Å². The highest BCUT2D eigenvalue weighted by atomic mass is 16.5.